The van der Waals surface area contributed by atoms with Gasteiger partial charge in [-0.1, -0.05) is 30.3 Å². The van der Waals surface area contributed by atoms with Crippen LogP contribution >= 0.6 is 0 Å². The summed E-state index contributed by atoms with van der Waals surface area (Å²) in [5.74, 6) is -8.50. The van der Waals surface area contributed by atoms with Crippen molar-refractivity contribution in [1.29, 1.82) is 15.8 Å². The van der Waals surface area contributed by atoms with Crippen molar-refractivity contribution in [1.82, 2.24) is 0 Å². The molecule has 0 heterocycles. The fourth-order valence-corrected chi connectivity index (χ4v) is 4.48. The highest BCUT2D eigenvalue weighted by molar-refractivity contribution is 5.94. The van der Waals surface area contributed by atoms with Crippen molar-refractivity contribution in [3.05, 3.63) is 82.4 Å². The third-order valence-electron chi connectivity index (χ3n) is 5.98. The topological polar surface area (TPSA) is 144 Å². The lowest BCUT2D eigenvalue weighted by molar-refractivity contribution is -0.147. The Morgan fingerprint density at radius 1 is 1.00 bits per heavy atom. The molecule has 0 aromatic heterocycles. The molecule has 3 rings (SSSR count). The van der Waals surface area contributed by atoms with Crippen LogP contribution in [0.2, 0.25) is 0 Å². The molecule has 1 aliphatic rings. The summed E-state index contributed by atoms with van der Waals surface area (Å²) in [7, 11) is 2.06. The van der Waals surface area contributed by atoms with Crippen molar-refractivity contribution in [2.45, 2.75) is 11.8 Å². The van der Waals surface area contributed by atoms with E-state index in [1.807, 2.05) is 18.2 Å². The van der Waals surface area contributed by atoms with Gasteiger partial charge in [0.15, 0.2) is 5.41 Å². The maximum atomic E-state index is 15.0. The minimum atomic E-state index is -2.26. The first-order valence-electron chi connectivity index (χ1n) is 9.97. The number of carbonyl (C=O) groups excluding carboxylic acids is 2. The van der Waals surface area contributed by atoms with Crippen molar-refractivity contribution < 1.29 is 28.6 Å². The van der Waals surface area contributed by atoms with Crippen LogP contribution in [0.25, 0.3) is 0 Å². The molecule has 0 saturated heterocycles. The van der Waals surface area contributed by atoms with Crippen LogP contribution < -0.4 is 0 Å². The number of aliphatic hydroxyl groups excluding tert-OH is 1. The number of methoxy groups -OCH3 is 2. The Kier molecular flexibility index (Phi) is 6.66. The van der Waals surface area contributed by atoms with Gasteiger partial charge in [-0.05, 0) is 29.3 Å². The fraction of sp³-hybridized carbons (Fsp3) is 0.240. The number of esters is 2. The molecule has 1 N–H and O–H groups in total. The van der Waals surface area contributed by atoms with E-state index >= 15 is 4.39 Å². The van der Waals surface area contributed by atoms with Crippen LogP contribution in [0.15, 0.2) is 59.9 Å². The number of nitrogens with zero attached hydrogens (tertiary/aromatic N) is 3. The Bertz CT molecular complexity index is 1280. The molecule has 0 saturated carbocycles. The molecule has 2 aromatic carbocycles. The second-order valence-electron chi connectivity index (χ2n) is 7.55. The normalized spacial score (nSPS) is 20.9. The van der Waals surface area contributed by atoms with E-state index in [9.17, 15) is 25.2 Å². The molecule has 0 bridgehead atoms. The van der Waals surface area contributed by atoms with E-state index < -0.39 is 52.3 Å². The van der Waals surface area contributed by atoms with Gasteiger partial charge >= 0.3 is 11.9 Å². The van der Waals surface area contributed by atoms with E-state index in [1.54, 1.807) is 0 Å². The quantitative estimate of drug-likeness (QED) is 0.685. The van der Waals surface area contributed by atoms with Crippen molar-refractivity contribution in [2.75, 3.05) is 14.2 Å². The number of aliphatic hydroxyl groups is 1. The molecule has 2 aromatic rings. The molecule has 34 heavy (non-hydrogen) atoms. The number of halogens is 1. The van der Waals surface area contributed by atoms with Crippen LogP contribution in [0.5, 0.6) is 0 Å². The highest BCUT2D eigenvalue weighted by atomic mass is 19.1. The van der Waals surface area contributed by atoms with Crippen LogP contribution in [-0.2, 0) is 19.1 Å². The number of rotatable bonds is 4. The largest absolute Gasteiger partial charge is 0.511 e. The fourth-order valence-electron chi connectivity index (χ4n) is 4.48. The summed E-state index contributed by atoms with van der Waals surface area (Å²) in [5, 5.41) is 41.1. The van der Waals surface area contributed by atoms with Gasteiger partial charge < -0.3 is 14.6 Å². The van der Waals surface area contributed by atoms with E-state index in [0.717, 1.165) is 20.3 Å². The maximum absolute atomic E-state index is 15.0. The molecule has 0 radical (unpaired) electrons. The zero-order valence-electron chi connectivity index (χ0n) is 18.2. The molecule has 0 spiro atoms. The lowest BCUT2D eigenvalue weighted by Gasteiger charge is -2.44. The third kappa shape index (κ3) is 3.62. The van der Waals surface area contributed by atoms with Gasteiger partial charge in [0.1, 0.15) is 17.5 Å². The van der Waals surface area contributed by atoms with E-state index in [1.165, 1.54) is 42.5 Å². The van der Waals surface area contributed by atoms with Gasteiger partial charge in [0, 0.05) is 5.92 Å². The second kappa shape index (κ2) is 9.44. The Morgan fingerprint density at radius 2 is 1.62 bits per heavy atom. The molecule has 1 aliphatic carbocycles. The first-order chi connectivity index (χ1) is 16.3. The number of carbonyl (C=O) groups is 2. The number of ether oxygens (including phenoxy) is 2. The number of nitriles is 3. The molecular formula is C25H18FN3O5. The average Bonchev–Trinajstić information content (AvgIpc) is 2.87. The van der Waals surface area contributed by atoms with Crippen LogP contribution in [-0.4, -0.2) is 31.3 Å². The second-order valence-corrected chi connectivity index (χ2v) is 7.55. The van der Waals surface area contributed by atoms with Crippen molar-refractivity contribution >= 4 is 11.9 Å². The first kappa shape index (κ1) is 24.0. The molecule has 3 atom stereocenters. The number of hydrogen-bond donors (Lipinski definition) is 1. The average molecular weight is 459 g/mol. The van der Waals surface area contributed by atoms with E-state index in [0.29, 0.717) is 0 Å². The predicted octanol–water partition coefficient (Wildman–Crippen LogP) is 3.39. The SMILES string of the molecule is COC(=O)C1=C(O)[C@H](C(=O)OC)[C@H](c2ccccc2F)C(C#N)(C#N)[C@H]1c1ccc(C#N)cc1. The molecule has 170 valence electrons. The number of hydrogen-bond acceptors (Lipinski definition) is 8. The predicted molar refractivity (Wildman–Crippen MR) is 114 cm³/mol. The summed E-state index contributed by atoms with van der Waals surface area (Å²) in [6, 6.07) is 16.6. The highest BCUT2D eigenvalue weighted by Crippen LogP contribution is 2.59. The lowest BCUT2D eigenvalue weighted by Crippen LogP contribution is -2.47. The molecule has 0 amide bonds. The highest BCUT2D eigenvalue weighted by Gasteiger charge is 2.62. The van der Waals surface area contributed by atoms with Crippen molar-refractivity contribution in [2.24, 2.45) is 11.3 Å². The van der Waals surface area contributed by atoms with E-state index in [2.05, 4.69) is 0 Å². The zero-order chi connectivity index (χ0) is 25.0. The van der Waals surface area contributed by atoms with E-state index in [-0.39, 0.29) is 16.7 Å². The number of benzene rings is 2. The Hall–Kier alpha value is -4.68. The van der Waals surface area contributed by atoms with Gasteiger partial charge in [0.25, 0.3) is 0 Å². The zero-order valence-corrected chi connectivity index (χ0v) is 18.2. The van der Waals surface area contributed by atoms with Gasteiger partial charge in [-0.15, -0.1) is 0 Å². The summed E-state index contributed by atoms with van der Waals surface area (Å²) >= 11 is 0. The molecule has 9 heteroatoms. The smallest absolute Gasteiger partial charge is 0.337 e. The third-order valence-corrected chi connectivity index (χ3v) is 5.98. The summed E-state index contributed by atoms with van der Waals surface area (Å²) in [6.07, 6.45) is 0. The van der Waals surface area contributed by atoms with E-state index in [4.69, 9.17) is 14.7 Å². The molecule has 0 fully saturated rings. The molecule has 0 aliphatic heterocycles. The van der Waals surface area contributed by atoms with Crippen LogP contribution in [0.3, 0.4) is 0 Å². The summed E-state index contributed by atoms with van der Waals surface area (Å²) in [4.78, 5) is 25.7. The minimum Gasteiger partial charge on any atom is -0.511 e. The van der Waals surface area contributed by atoms with Crippen LogP contribution in [0.4, 0.5) is 4.39 Å². The monoisotopic (exact) mass is 459 g/mol. The standard InChI is InChI=1S/C25H18FN3O5/c1-33-23(31)18-20(15-9-7-14(11-27)8-10-15)25(12-28,13-29)21(16-5-3-4-6-17(16)26)19(22(18)30)24(32)34-2/h3-10,19-21,30H,1-2H3/t19-,20+,21+/m1/s1. The first-order valence-corrected chi connectivity index (χ1v) is 9.97. The maximum Gasteiger partial charge on any atom is 0.337 e. The van der Waals surface area contributed by atoms with Crippen LogP contribution in [0.1, 0.15) is 28.5 Å². The van der Waals surface area contributed by atoms with Gasteiger partial charge in [0.2, 0.25) is 0 Å². The lowest BCUT2D eigenvalue weighted by atomic mass is 9.54. The molecule has 0 unspecified atom stereocenters. The van der Waals surface area contributed by atoms with Gasteiger partial charge in [-0.3, -0.25) is 4.79 Å². The van der Waals surface area contributed by atoms with Crippen LogP contribution in [0, 0.1) is 51.1 Å². The minimum absolute atomic E-state index is 0.185. The summed E-state index contributed by atoms with van der Waals surface area (Å²) < 4.78 is 24.6. The summed E-state index contributed by atoms with van der Waals surface area (Å²) in [6.45, 7) is 0. The van der Waals surface area contributed by atoms with Gasteiger partial charge in [0.05, 0.1) is 49.5 Å². The molecular weight excluding hydrogens is 441 g/mol. The van der Waals surface area contributed by atoms with Gasteiger partial charge in [-0.2, -0.15) is 15.8 Å². The van der Waals surface area contributed by atoms with Crippen molar-refractivity contribution in [3.8, 4) is 18.2 Å². The summed E-state index contributed by atoms with van der Waals surface area (Å²) in [5.41, 5.74) is -2.47. The Morgan fingerprint density at radius 3 is 2.12 bits per heavy atom. The Balaban J connectivity index is 2.50. The van der Waals surface area contributed by atoms with Gasteiger partial charge in [-0.25, -0.2) is 9.18 Å². The molecule has 8 nitrogen and oxygen atoms in total. The van der Waals surface area contributed by atoms with Crippen molar-refractivity contribution in [3.63, 3.8) is 0 Å². The Labute approximate surface area is 194 Å².